The summed E-state index contributed by atoms with van der Waals surface area (Å²) in [6.45, 7) is 2.17. The number of benzene rings is 1. The van der Waals surface area contributed by atoms with Crippen molar-refractivity contribution in [3.05, 3.63) is 72.2 Å². The maximum Gasteiger partial charge on any atom is 0.472 e. The molecule has 3 heterocycles. The summed E-state index contributed by atoms with van der Waals surface area (Å²) in [4.78, 5) is 14.5. The number of aromatic nitrogens is 3. The number of allylic oxidation sites excluding steroid dienone is 2. The zero-order valence-electron chi connectivity index (χ0n) is 32.1. The van der Waals surface area contributed by atoms with E-state index < -0.39 is 44.4 Å². The Labute approximate surface area is 325 Å². The average Bonchev–Trinajstić information content (AvgIpc) is 3.74. The molecule has 1 aliphatic rings. The number of anilines is 1. The Morgan fingerprint density at radius 3 is 2.33 bits per heavy atom. The van der Waals surface area contributed by atoms with Gasteiger partial charge in [0.25, 0.3) is 0 Å². The van der Waals surface area contributed by atoms with Crippen molar-refractivity contribution < 1.29 is 42.9 Å². The molecule has 0 amide bonds. The van der Waals surface area contributed by atoms with Gasteiger partial charge in [-0.15, -0.1) is 0 Å². The van der Waals surface area contributed by atoms with Crippen LogP contribution in [-0.2, 0) is 40.0 Å². The number of nitrogens with two attached hydrogens (primary N) is 1. The first kappa shape index (κ1) is 44.5. The highest BCUT2D eigenvalue weighted by atomic mass is 31.2. The first-order valence-electron chi connectivity index (χ1n) is 19.7. The molecule has 304 valence electrons. The van der Waals surface area contributed by atoms with Gasteiger partial charge < -0.3 is 35.1 Å². The molecule has 4 rings (SSSR count). The summed E-state index contributed by atoms with van der Waals surface area (Å²) in [5.41, 5.74) is 5.19. The van der Waals surface area contributed by atoms with Gasteiger partial charge in [-0.2, -0.15) is 10.4 Å². The van der Waals surface area contributed by atoms with Crippen molar-refractivity contribution in [2.75, 3.05) is 32.2 Å². The van der Waals surface area contributed by atoms with Crippen LogP contribution in [0.2, 0.25) is 0 Å². The Balaban J connectivity index is 1.16. The van der Waals surface area contributed by atoms with Crippen LogP contribution >= 0.6 is 7.82 Å². The lowest BCUT2D eigenvalue weighted by molar-refractivity contribution is -0.0690. The van der Waals surface area contributed by atoms with Crippen LogP contribution in [0, 0.1) is 11.3 Å². The molecule has 6 atom stereocenters. The third kappa shape index (κ3) is 14.0. The number of hydrogen-bond acceptors (Lipinski definition) is 12. The zero-order chi connectivity index (χ0) is 39.4. The van der Waals surface area contributed by atoms with Gasteiger partial charge in [-0.1, -0.05) is 107 Å². The molecule has 0 bridgehead atoms. The number of phosphoric acid groups is 1. The number of phosphoric ester groups is 1. The van der Waals surface area contributed by atoms with Crippen LogP contribution in [0.5, 0.6) is 0 Å². The molecule has 0 spiro atoms. The lowest BCUT2D eigenvalue weighted by atomic mass is 9.92. The maximum atomic E-state index is 13.0. The fraction of sp³-hybridized carbons (Fsp3) is 0.625. The SMILES string of the molecule is CCCCCCCC/C=C/CCCCCCCCOC[C@H](COP(=O)(O)OC[C@H]1O[C@@](C#N)(c2ccc3c(N)ncnn23)[C@@H](O)C1O)OCc1ccccc1. The van der Waals surface area contributed by atoms with Crippen molar-refractivity contribution in [1.82, 2.24) is 14.6 Å². The molecule has 14 nitrogen and oxygen atoms in total. The predicted molar refractivity (Wildman–Crippen MR) is 209 cm³/mol. The topological polar surface area (TPSA) is 204 Å². The minimum absolute atomic E-state index is 0.0900. The molecule has 2 aromatic heterocycles. The number of nitrogens with zero attached hydrogens (tertiary/aromatic N) is 4. The minimum atomic E-state index is -4.71. The molecule has 3 aromatic rings. The van der Waals surface area contributed by atoms with Crippen LogP contribution in [0.25, 0.3) is 5.52 Å². The standard InChI is InChI=1S/C40H60N5O9P/c1-2-3-4-5-6-7-8-9-10-11-12-13-14-15-16-20-25-50-27-33(51-26-32-21-18-17-19-22-32)28-52-55(48,49)53-29-35-37(46)38(47)40(30-41,54-35)36-24-23-34-39(42)43-31-44-45(34)36/h9-10,17-19,21-24,31,33,35,37-38,46-47H,2-8,11-16,20,25-29H2,1H3,(H,48,49)(H2,42,43,44)/b10-9+/t33-,35-,37?,38+,40+/m1/s1. The summed E-state index contributed by atoms with van der Waals surface area (Å²) in [6.07, 6.45) is 17.5. The summed E-state index contributed by atoms with van der Waals surface area (Å²) in [5.74, 6) is 0.135. The molecule has 0 saturated carbocycles. The van der Waals surface area contributed by atoms with Crippen molar-refractivity contribution in [1.29, 1.82) is 5.26 Å². The second kappa shape index (κ2) is 23.8. The highest BCUT2D eigenvalue weighted by Crippen LogP contribution is 2.46. The molecule has 1 saturated heterocycles. The summed E-state index contributed by atoms with van der Waals surface area (Å²) >= 11 is 0. The normalized spacial score (nSPS) is 21.6. The largest absolute Gasteiger partial charge is 0.472 e. The number of aliphatic hydroxyl groups excluding tert-OH is 2. The van der Waals surface area contributed by atoms with Crippen LogP contribution in [0.15, 0.2) is 60.9 Å². The van der Waals surface area contributed by atoms with Crippen molar-refractivity contribution >= 4 is 19.2 Å². The van der Waals surface area contributed by atoms with E-state index in [4.69, 9.17) is 29.0 Å². The van der Waals surface area contributed by atoms with E-state index in [0.29, 0.717) is 12.1 Å². The van der Waals surface area contributed by atoms with E-state index in [-0.39, 0.29) is 31.3 Å². The van der Waals surface area contributed by atoms with Crippen LogP contribution in [0.4, 0.5) is 5.82 Å². The monoisotopic (exact) mass is 785 g/mol. The molecule has 0 aliphatic carbocycles. The first-order valence-corrected chi connectivity index (χ1v) is 21.2. The predicted octanol–water partition coefficient (Wildman–Crippen LogP) is 6.92. The summed E-state index contributed by atoms with van der Waals surface area (Å²) in [5, 5.41) is 36.0. The highest BCUT2D eigenvalue weighted by Gasteiger charge is 2.58. The molecule has 15 heteroatoms. The van der Waals surface area contributed by atoms with Crippen molar-refractivity contribution in [2.45, 2.75) is 133 Å². The number of unbranched alkanes of at least 4 members (excludes halogenated alkanes) is 12. The highest BCUT2D eigenvalue weighted by molar-refractivity contribution is 7.47. The molecular weight excluding hydrogens is 725 g/mol. The molecule has 1 aliphatic heterocycles. The fourth-order valence-electron chi connectivity index (χ4n) is 6.53. The van der Waals surface area contributed by atoms with E-state index in [1.54, 1.807) is 6.07 Å². The third-order valence-corrected chi connectivity index (χ3v) is 10.7. The van der Waals surface area contributed by atoms with E-state index in [0.717, 1.165) is 31.2 Å². The molecule has 5 N–H and O–H groups in total. The van der Waals surface area contributed by atoms with Crippen molar-refractivity contribution in [3.63, 3.8) is 0 Å². The van der Waals surface area contributed by atoms with Crippen LogP contribution in [-0.4, -0.2) is 80.5 Å². The fourth-order valence-corrected chi connectivity index (χ4v) is 7.30. The molecule has 55 heavy (non-hydrogen) atoms. The Hall–Kier alpha value is -3.22. The summed E-state index contributed by atoms with van der Waals surface area (Å²) in [6, 6.07) is 14.4. The van der Waals surface area contributed by atoms with Crippen molar-refractivity contribution in [2.24, 2.45) is 0 Å². The third-order valence-electron chi connectivity index (χ3n) is 9.74. The van der Waals surface area contributed by atoms with E-state index in [9.17, 15) is 24.9 Å². The van der Waals surface area contributed by atoms with Crippen LogP contribution in [0.1, 0.15) is 108 Å². The second-order valence-corrected chi connectivity index (χ2v) is 15.5. The zero-order valence-corrected chi connectivity index (χ0v) is 33.0. The van der Waals surface area contributed by atoms with Gasteiger partial charge in [0.05, 0.1) is 32.1 Å². The number of nitrogen functional groups attached to an aromatic ring is 1. The quantitative estimate of drug-likeness (QED) is 0.0336. The van der Waals surface area contributed by atoms with Gasteiger partial charge in [0.15, 0.2) is 5.82 Å². The second-order valence-electron chi connectivity index (χ2n) is 14.1. The number of hydrogen-bond donors (Lipinski definition) is 4. The Kier molecular flexibility index (Phi) is 19.2. The van der Waals surface area contributed by atoms with Crippen LogP contribution in [0.3, 0.4) is 0 Å². The van der Waals surface area contributed by atoms with Gasteiger partial charge in [-0.05, 0) is 49.8 Å². The van der Waals surface area contributed by atoms with E-state index in [1.165, 1.54) is 81.1 Å². The number of nitriles is 1. The Bertz CT molecular complexity index is 1650. The molecule has 0 radical (unpaired) electrons. The molecule has 1 aromatic carbocycles. The van der Waals surface area contributed by atoms with Gasteiger partial charge >= 0.3 is 7.82 Å². The van der Waals surface area contributed by atoms with E-state index in [2.05, 4.69) is 29.2 Å². The Morgan fingerprint density at radius 1 is 0.964 bits per heavy atom. The van der Waals surface area contributed by atoms with Crippen LogP contribution < -0.4 is 5.73 Å². The number of rotatable bonds is 28. The lowest BCUT2D eigenvalue weighted by Crippen LogP contribution is -2.41. The van der Waals surface area contributed by atoms with Gasteiger partial charge in [-0.3, -0.25) is 9.05 Å². The first-order chi connectivity index (χ1) is 26.7. The lowest BCUT2D eigenvalue weighted by Gasteiger charge is -2.24. The molecule has 2 unspecified atom stereocenters. The number of aliphatic hydroxyl groups is 2. The minimum Gasteiger partial charge on any atom is -0.387 e. The van der Waals surface area contributed by atoms with Gasteiger partial charge in [0, 0.05) is 6.61 Å². The maximum absolute atomic E-state index is 13.0. The summed E-state index contributed by atoms with van der Waals surface area (Å²) in [7, 11) is -4.71. The average molecular weight is 786 g/mol. The molecule has 1 fully saturated rings. The van der Waals surface area contributed by atoms with E-state index >= 15 is 0 Å². The summed E-state index contributed by atoms with van der Waals surface area (Å²) < 4.78 is 42.4. The van der Waals surface area contributed by atoms with Gasteiger partial charge in [0.2, 0.25) is 5.60 Å². The van der Waals surface area contributed by atoms with Gasteiger partial charge in [-0.25, -0.2) is 14.1 Å². The number of ether oxygens (including phenoxy) is 3. The van der Waals surface area contributed by atoms with Gasteiger partial charge in [0.1, 0.15) is 42.3 Å². The number of fused-ring (bicyclic) bond motifs is 1. The smallest absolute Gasteiger partial charge is 0.387 e. The molecular formula is C40H60N5O9P. The van der Waals surface area contributed by atoms with Crippen molar-refractivity contribution in [3.8, 4) is 6.07 Å². The van der Waals surface area contributed by atoms with E-state index in [1.807, 2.05) is 36.4 Å². The Morgan fingerprint density at radius 2 is 1.64 bits per heavy atom.